The van der Waals surface area contributed by atoms with E-state index >= 15 is 0 Å². The van der Waals surface area contributed by atoms with Crippen LogP contribution in [0.4, 0.5) is 10.1 Å². The van der Waals surface area contributed by atoms with Crippen molar-refractivity contribution in [3.8, 4) is 0 Å². The largest absolute Gasteiger partial charge is 0.367 e. The van der Waals surface area contributed by atoms with E-state index in [1.54, 1.807) is 30.3 Å². The maximum Gasteiger partial charge on any atom is 0.267 e. The molecule has 0 unspecified atom stereocenters. The zero-order chi connectivity index (χ0) is 17.1. The maximum absolute atomic E-state index is 13.7. The fourth-order valence-corrected chi connectivity index (χ4v) is 3.57. The van der Waals surface area contributed by atoms with Gasteiger partial charge in [-0.25, -0.2) is 4.39 Å². The Morgan fingerprint density at radius 2 is 2.04 bits per heavy atom. The summed E-state index contributed by atoms with van der Waals surface area (Å²) in [5.41, 5.74) is 1.15. The van der Waals surface area contributed by atoms with Gasteiger partial charge < -0.3 is 5.32 Å². The Kier molecular flexibility index (Phi) is 5.18. The van der Waals surface area contributed by atoms with Gasteiger partial charge in [-0.3, -0.25) is 9.69 Å². The number of carbonyl (C=O) groups excluding carboxylic acids is 1. The Balaban J connectivity index is 1.73. The average Bonchev–Trinajstić information content (AvgIpc) is 2.82. The first kappa shape index (κ1) is 17.0. The Hall–Kier alpha value is -1.89. The first-order valence-corrected chi connectivity index (χ1v) is 8.64. The summed E-state index contributed by atoms with van der Waals surface area (Å²) in [6, 6.07) is 13.5. The van der Waals surface area contributed by atoms with Crippen LogP contribution in [-0.4, -0.2) is 21.8 Å². The van der Waals surface area contributed by atoms with Gasteiger partial charge in [0.2, 0.25) is 0 Å². The second kappa shape index (κ2) is 7.34. The number of thiocarbonyl (C=S) groups is 1. The van der Waals surface area contributed by atoms with Crippen LogP contribution in [0.2, 0.25) is 5.02 Å². The summed E-state index contributed by atoms with van der Waals surface area (Å²) in [7, 11) is 0. The van der Waals surface area contributed by atoms with Crippen LogP contribution in [0.15, 0.2) is 53.4 Å². The molecule has 0 spiro atoms. The Morgan fingerprint density at radius 3 is 2.79 bits per heavy atom. The molecular weight excluding hydrogens is 367 g/mol. The van der Waals surface area contributed by atoms with E-state index in [1.165, 1.54) is 17.0 Å². The van der Waals surface area contributed by atoms with Crippen LogP contribution >= 0.6 is 35.6 Å². The predicted octanol–water partition coefficient (Wildman–Crippen LogP) is 4.75. The van der Waals surface area contributed by atoms with Crippen molar-refractivity contribution in [3.63, 3.8) is 0 Å². The highest BCUT2D eigenvalue weighted by Gasteiger charge is 2.31. The SMILES string of the molecule is O=C1/C(=C\c2ccccc2F)SC(=S)N1CNc1cccc(Cl)c1. The first-order chi connectivity index (χ1) is 11.5. The quantitative estimate of drug-likeness (QED) is 0.614. The summed E-state index contributed by atoms with van der Waals surface area (Å²) in [5.74, 6) is -0.623. The third-order valence-electron chi connectivity index (χ3n) is 3.33. The van der Waals surface area contributed by atoms with Gasteiger partial charge in [0.1, 0.15) is 10.1 Å². The van der Waals surface area contributed by atoms with Crippen molar-refractivity contribution in [2.24, 2.45) is 0 Å². The molecule has 1 aliphatic rings. The minimum Gasteiger partial charge on any atom is -0.367 e. The summed E-state index contributed by atoms with van der Waals surface area (Å²) in [5, 5.41) is 3.70. The van der Waals surface area contributed by atoms with Gasteiger partial charge in [-0.05, 0) is 30.3 Å². The van der Waals surface area contributed by atoms with Crippen molar-refractivity contribution >= 4 is 57.6 Å². The number of hydrogen-bond acceptors (Lipinski definition) is 4. The van der Waals surface area contributed by atoms with E-state index in [9.17, 15) is 9.18 Å². The predicted molar refractivity (Wildman–Crippen MR) is 101 cm³/mol. The van der Waals surface area contributed by atoms with E-state index in [2.05, 4.69) is 5.32 Å². The van der Waals surface area contributed by atoms with Crippen molar-refractivity contribution in [3.05, 3.63) is 69.8 Å². The zero-order valence-corrected chi connectivity index (χ0v) is 14.7. The van der Waals surface area contributed by atoms with Gasteiger partial charge in [-0.15, -0.1) is 0 Å². The minimum atomic E-state index is -0.375. The molecule has 0 aliphatic carbocycles. The molecular formula is C17H12ClFN2OS2. The molecule has 1 amide bonds. The van der Waals surface area contributed by atoms with E-state index < -0.39 is 0 Å². The molecule has 0 radical (unpaired) electrons. The second-order valence-corrected chi connectivity index (χ2v) is 7.09. The zero-order valence-electron chi connectivity index (χ0n) is 12.3. The molecule has 122 valence electrons. The number of carbonyl (C=O) groups is 1. The second-order valence-electron chi connectivity index (χ2n) is 4.98. The number of nitrogens with one attached hydrogen (secondary N) is 1. The smallest absolute Gasteiger partial charge is 0.267 e. The molecule has 7 heteroatoms. The normalized spacial score (nSPS) is 16.1. The number of benzene rings is 2. The summed E-state index contributed by atoms with van der Waals surface area (Å²) in [6.07, 6.45) is 1.52. The number of anilines is 1. The number of halogens is 2. The summed E-state index contributed by atoms with van der Waals surface area (Å²) in [6.45, 7) is 0.222. The highest BCUT2D eigenvalue weighted by Crippen LogP contribution is 2.32. The molecule has 0 bridgehead atoms. The van der Waals surface area contributed by atoms with Gasteiger partial charge in [-0.1, -0.05) is 59.8 Å². The van der Waals surface area contributed by atoms with E-state index in [0.717, 1.165) is 17.4 Å². The Morgan fingerprint density at radius 1 is 1.25 bits per heavy atom. The molecule has 2 aromatic carbocycles. The van der Waals surface area contributed by atoms with Gasteiger partial charge in [0.15, 0.2) is 0 Å². The average molecular weight is 379 g/mol. The van der Waals surface area contributed by atoms with Gasteiger partial charge in [0.05, 0.1) is 11.6 Å². The molecule has 24 heavy (non-hydrogen) atoms. The molecule has 0 aromatic heterocycles. The fraction of sp³-hybridized carbons (Fsp3) is 0.0588. The van der Waals surface area contributed by atoms with E-state index in [4.69, 9.17) is 23.8 Å². The van der Waals surface area contributed by atoms with Gasteiger partial charge in [-0.2, -0.15) is 0 Å². The van der Waals surface area contributed by atoms with Gasteiger partial charge >= 0.3 is 0 Å². The lowest BCUT2D eigenvalue weighted by atomic mass is 10.2. The number of hydrogen-bond donors (Lipinski definition) is 1. The lowest BCUT2D eigenvalue weighted by Gasteiger charge is -2.16. The highest BCUT2D eigenvalue weighted by molar-refractivity contribution is 8.26. The molecule has 1 aliphatic heterocycles. The molecule has 0 atom stereocenters. The molecule has 2 aromatic rings. The summed E-state index contributed by atoms with van der Waals surface area (Å²) in [4.78, 5) is 14.3. The number of thioether (sulfide) groups is 1. The van der Waals surface area contributed by atoms with Crippen molar-refractivity contribution in [1.29, 1.82) is 0 Å². The number of nitrogens with zero attached hydrogens (tertiary/aromatic N) is 1. The van der Waals surface area contributed by atoms with Crippen molar-refractivity contribution in [2.75, 3.05) is 12.0 Å². The summed E-state index contributed by atoms with van der Waals surface area (Å²) < 4.78 is 14.2. The van der Waals surface area contributed by atoms with Crippen LogP contribution < -0.4 is 5.32 Å². The van der Waals surface area contributed by atoms with Crippen LogP contribution in [0.5, 0.6) is 0 Å². The topological polar surface area (TPSA) is 32.3 Å². The molecule has 1 fully saturated rings. The minimum absolute atomic E-state index is 0.222. The van der Waals surface area contributed by atoms with Crippen molar-refractivity contribution in [1.82, 2.24) is 4.90 Å². The van der Waals surface area contributed by atoms with Crippen LogP contribution in [0.1, 0.15) is 5.56 Å². The van der Waals surface area contributed by atoms with Crippen molar-refractivity contribution < 1.29 is 9.18 Å². The monoisotopic (exact) mass is 378 g/mol. The lowest BCUT2D eigenvalue weighted by molar-refractivity contribution is -0.121. The molecule has 3 nitrogen and oxygen atoms in total. The Labute approximate surface area is 153 Å². The first-order valence-electron chi connectivity index (χ1n) is 7.04. The van der Waals surface area contributed by atoms with Crippen LogP contribution in [0.25, 0.3) is 6.08 Å². The van der Waals surface area contributed by atoms with Crippen LogP contribution in [-0.2, 0) is 4.79 Å². The van der Waals surface area contributed by atoms with Crippen LogP contribution in [0, 0.1) is 5.82 Å². The molecule has 0 saturated carbocycles. The lowest BCUT2D eigenvalue weighted by Crippen LogP contribution is -2.33. The third-order valence-corrected chi connectivity index (χ3v) is 4.94. The standard InChI is InChI=1S/C17H12ClFN2OS2/c18-12-5-3-6-13(9-12)20-10-21-16(22)15(24-17(21)23)8-11-4-1-2-7-14(11)19/h1-9,20H,10H2/b15-8+. The van der Waals surface area contributed by atoms with E-state index in [1.807, 2.05) is 12.1 Å². The summed E-state index contributed by atoms with van der Waals surface area (Å²) >= 11 is 12.3. The third kappa shape index (κ3) is 3.77. The molecule has 1 N–H and O–H groups in total. The number of amides is 1. The van der Waals surface area contributed by atoms with Crippen molar-refractivity contribution in [2.45, 2.75) is 0 Å². The van der Waals surface area contributed by atoms with E-state index in [0.29, 0.717) is 19.8 Å². The Bertz CT molecular complexity index is 841. The molecule has 1 saturated heterocycles. The van der Waals surface area contributed by atoms with E-state index in [-0.39, 0.29) is 18.4 Å². The highest BCUT2D eigenvalue weighted by atomic mass is 35.5. The molecule has 1 heterocycles. The maximum atomic E-state index is 13.7. The van der Waals surface area contributed by atoms with Gasteiger partial charge in [0, 0.05) is 16.3 Å². The van der Waals surface area contributed by atoms with Gasteiger partial charge in [0.25, 0.3) is 5.91 Å². The molecule has 3 rings (SSSR count). The number of rotatable bonds is 4. The fourth-order valence-electron chi connectivity index (χ4n) is 2.14. The van der Waals surface area contributed by atoms with Crippen LogP contribution in [0.3, 0.4) is 0 Å².